The van der Waals surface area contributed by atoms with Gasteiger partial charge >= 0.3 is 0 Å². The van der Waals surface area contributed by atoms with Crippen molar-refractivity contribution in [2.75, 3.05) is 0 Å². The molecule has 160 valence electrons. The summed E-state index contributed by atoms with van der Waals surface area (Å²) in [6.45, 7) is 6.12. The molecule has 1 atom stereocenters. The van der Waals surface area contributed by atoms with E-state index in [1.807, 2.05) is 75.4 Å². The first-order chi connectivity index (χ1) is 15.3. The molecule has 5 aromatic rings. The highest BCUT2D eigenvalue weighted by atomic mass is 32.2. The Hall–Kier alpha value is -3.21. The van der Waals surface area contributed by atoms with E-state index in [1.54, 1.807) is 0 Å². The third-order valence-corrected chi connectivity index (χ3v) is 6.37. The van der Waals surface area contributed by atoms with E-state index in [1.165, 1.54) is 0 Å². The molecule has 1 N–H and O–H groups in total. The summed E-state index contributed by atoms with van der Waals surface area (Å²) in [5, 5.41) is 5.77. The number of benzene rings is 5. The first-order valence-corrected chi connectivity index (χ1v) is 11.7. The number of hydrogen-bond donors (Lipinski definition) is 1. The smallest absolute Gasteiger partial charge is 0.187 e. The Labute approximate surface area is 189 Å². The minimum Gasteiger partial charge on any atom is -0.488 e. The van der Waals surface area contributed by atoms with E-state index in [-0.39, 0.29) is 5.60 Å². The van der Waals surface area contributed by atoms with E-state index in [0.29, 0.717) is 4.90 Å². The topological polar surface area (TPSA) is 46.5 Å². The van der Waals surface area contributed by atoms with E-state index in [2.05, 4.69) is 30.3 Å². The molecule has 3 nitrogen and oxygen atoms in total. The van der Waals surface area contributed by atoms with Crippen LogP contribution in [0.4, 0.5) is 0 Å². The van der Waals surface area contributed by atoms with Crippen LogP contribution in [-0.2, 0) is 11.1 Å². The quantitative estimate of drug-likeness (QED) is 0.232. The predicted octanol–water partition coefficient (Wildman–Crippen LogP) is 7.57. The fourth-order valence-corrected chi connectivity index (χ4v) is 5.12. The SMILES string of the molecule is CC(C)(C)Oc1ccc2cc(-c3c4ccccc4c(S(=O)O)c4ccccc34)ccc2c1. The van der Waals surface area contributed by atoms with Crippen LogP contribution in [0.3, 0.4) is 0 Å². The van der Waals surface area contributed by atoms with Crippen molar-refractivity contribution in [2.45, 2.75) is 31.3 Å². The maximum Gasteiger partial charge on any atom is 0.187 e. The van der Waals surface area contributed by atoms with Gasteiger partial charge in [0, 0.05) is 10.8 Å². The molecule has 0 fully saturated rings. The lowest BCUT2D eigenvalue weighted by atomic mass is 9.91. The Kier molecular flexibility index (Phi) is 5.00. The average molecular weight is 441 g/mol. The zero-order chi connectivity index (χ0) is 22.5. The Bertz CT molecular complexity index is 1460. The number of ether oxygens (including phenoxy) is 1. The fourth-order valence-electron chi connectivity index (χ4n) is 4.38. The van der Waals surface area contributed by atoms with Gasteiger partial charge in [0.1, 0.15) is 11.4 Å². The summed E-state index contributed by atoms with van der Waals surface area (Å²) in [6.07, 6.45) is 0. The summed E-state index contributed by atoms with van der Waals surface area (Å²) in [4.78, 5) is 0.463. The molecule has 0 aliphatic carbocycles. The molecular formula is C28H24O3S. The molecule has 5 aromatic carbocycles. The zero-order valence-corrected chi connectivity index (χ0v) is 19.1. The Morgan fingerprint density at radius 3 is 1.81 bits per heavy atom. The summed E-state index contributed by atoms with van der Waals surface area (Å²) in [6, 6.07) is 28.2. The third kappa shape index (κ3) is 3.66. The molecule has 0 amide bonds. The molecule has 0 aromatic heterocycles. The van der Waals surface area contributed by atoms with Crippen molar-refractivity contribution in [3.05, 3.63) is 84.9 Å². The largest absolute Gasteiger partial charge is 0.488 e. The lowest BCUT2D eigenvalue weighted by Gasteiger charge is -2.21. The van der Waals surface area contributed by atoms with Gasteiger partial charge in [-0.25, -0.2) is 4.21 Å². The minimum atomic E-state index is -2.09. The third-order valence-electron chi connectivity index (χ3n) is 5.58. The maximum absolute atomic E-state index is 12.3. The van der Waals surface area contributed by atoms with Gasteiger partial charge < -0.3 is 9.29 Å². The first-order valence-electron chi connectivity index (χ1n) is 10.6. The van der Waals surface area contributed by atoms with Crippen molar-refractivity contribution in [1.82, 2.24) is 0 Å². The Morgan fingerprint density at radius 1 is 0.719 bits per heavy atom. The summed E-state index contributed by atoms with van der Waals surface area (Å²) < 4.78 is 28.4. The normalized spacial score (nSPS) is 13.0. The van der Waals surface area contributed by atoms with Gasteiger partial charge in [-0.15, -0.1) is 0 Å². The van der Waals surface area contributed by atoms with E-state index in [4.69, 9.17) is 4.74 Å². The monoisotopic (exact) mass is 440 g/mol. The van der Waals surface area contributed by atoms with Crippen molar-refractivity contribution in [1.29, 1.82) is 0 Å². The molecule has 0 bridgehead atoms. The van der Waals surface area contributed by atoms with Crippen LogP contribution in [0.5, 0.6) is 5.75 Å². The van der Waals surface area contributed by atoms with Gasteiger partial charge in [-0.1, -0.05) is 66.7 Å². The number of fused-ring (bicyclic) bond motifs is 3. The molecule has 0 aliphatic rings. The molecule has 0 saturated carbocycles. The Balaban J connectivity index is 1.78. The highest BCUT2D eigenvalue weighted by molar-refractivity contribution is 7.79. The fraction of sp³-hybridized carbons (Fsp3) is 0.143. The van der Waals surface area contributed by atoms with Crippen molar-refractivity contribution < 1.29 is 13.5 Å². The van der Waals surface area contributed by atoms with Gasteiger partial charge in [0.15, 0.2) is 11.1 Å². The highest BCUT2D eigenvalue weighted by Crippen LogP contribution is 2.41. The lowest BCUT2D eigenvalue weighted by molar-refractivity contribution is 0.131. The van der Waals surface area contributed by atoms with E-state index in [9.17, 15) is 8.76 Å². The maximum atomic E-state index is 12.3. The highest BCUT2D eigenvalue weighted by Gasteiger charge is 2.18. The van der Waals surface area contributed by atoms with Gasteiger partial charge in [0.2, 0.25) is 0 Å². The summed E-state index contributed by atoms with van der Waals surface area (Å²) in [7, 11) is 0. The van der Waals surface area contributed by atoms with Crippen molar-refractivity contribution in [2.24, 2.45) is 0 Å². The van der Waals surface area contributed by atoms with Crippen molar-refractivity contribution in [3.63, 3.8) is 0 Å². The van der Waals surface area contributed by atoms with Crippen molar-refractivity contribution >= 4 is 43.4 Å². The van der Waals surface area contributed by atoms with Crippen molar-refractivity contribution in [3.8, 4) is 16.9 Å². The van der Waals surface area contributed by atoms with Crippen LogP contribution in [0.25, 0.3) is 43.4 Å². The molecule has 1 unspecified atom stereocenters. The second-order valence-corrected chi connectivity index (χ2v) is 9.89. The second-order valence-electron chi connectivity index (χ2n) is 8.98. The van der Waals surface area contributed by atoms with Gasteiger partial charge in [-0.3, -0.25) is 0 Å². The van der Waals surface area contributed by atoms with Crippen LogP contribution < -0.4 is 4.74 Å². The van der Waals surface area contributed by atoms with Gasteiger partial charge in [0.05, 0.1) is 4.90 Å². The van der Waals surface area contributed by atoms with Crippen LogP contribution in [0.2, 0.25) is 0 Å². The molecule has 4 heteroatoms. The van der Waals surface area contributed by atoms with Crippen LogP contribution >= 0.6 is 0 Å². The van der Waals surface area contributed by atoms with Crippen LogP contribution in [0.15, 0.2) is 89.8 Å². The predicted molar refractivity (Wildman–Crippen MR) is 134 cm³/mol. The number of hydrogen-bond acceptors (Lipinski definition) is 2. The molecule has 5 rings (SSSR count). The molecule has 0 saturated heterocycles. The molecule has 0 spiro atoms. The van der Waals surface area contributed by atoms with E-state index < -0.39 is 11.1 Å². The van der Waals surface area contributed by atoms with Crippen LogP contribution in [-0.4, -0.2) is 14.4 Å². The molecule has 0 radical (unpaired) electrons. The first kappa shape index (κ1) is 20.7. The molecular weight excluding hydrogens is 416 g/mol. The minimum absolute atomic E-state index is 0.250. The number of rotatable bonds is 3. The van der Waals surface area contributed by atoms with E-state index >= 15 is 0 Å². The van der Waals surface area contributed by atoms with Gasteiger partial charge in [-0.2, -0.15) is 0 Å². The summed E-state index contributed by atoms with van der Waals surface area (Å²) in [5.74, 6) is 0.850. The van der Waals surface area contributed by atoms with Crippen LogP contribution in [0.1, 0.15) is 20.8 Å². The Morgan fingerprint density at radius 2 is 1.25 bits per heavy atom. The van der Waals surface area contributed by atoms with E-state index in [0.717, 1.165) is 49.2 Å². The standard InChI is InChI=1S/C28H24O3S/c1-28(2,3)31-21-15-14-18-16-20(13-12-19(18)17-21)26-22-8-4-6-10-24(22)27(32(29)30)25-11-7-5-9-23(25)26/h4-17H,1-3H3,(H,29,30). The molecule has 0 aliphatic heterocycles. The lowest BCUT2D eigenvalue weighted by Crippen LogP contribution is -2.22. The summed E-state index contributed by atoms with van der Waals surface area (Å²) in [5.41, 5.74) is 1.90. The summed E-state index contributed by atoms with van der Waals surface area (Å²) >= 11 is -2.09. The molecule has 32 heavy (non-hydrogen) atoms. The second kappa shape index (κ2) is 7.73. The average Bonchev–Trinajstić information content (AvgIpc) is 2.75. The van der Waals surface area contributed by atoms with Crippen LogP contribution in [0, 0.1) is 0 Å². The molecule has 0 heterocycles. The van der Waals surface area contributed by atoms with Gasteiger partial charge in [-0.05, 0) is 71.6 Å². The van der Waals surface area contributed by atoms with Gasteiger partial charge in [0.25, 0.3) is 0 Å². The zero-order valence-electron chi connectivity index (χ0n) is 18.3.